The lowest BCUT2D eigenvalue weighted by atomic mass is 9.87. The molecule has 1 aromatic carbocycles. The summed E-state index contributed by atoms with van der Waals surface area (Å²) in [7, 11) is 0. The molecule has 2 aromatic heterocycles. The molecule has 4 rings (SSSR count). The summed E-state index contributed by atoms with van der Waals surface area (Å²) < 4.78 is 28.4. The average Bonchev–Trinajstić information content (AvgIpc) is 3.19. The summed E-state index contributed by atoms with van der Waals surface area (Å²) in [6, 6.07) is 4.53. The molecule has 0 saturated heterocycles. The predicted octanol–water partition coefficient (Wildman–Crippen LogP) is 5.83. The molecule has 0 atom stereocenters. The van der Waals surface area contributed by atoms with Crippen molar-refractivity contribution in [1.29, 1.82) is 0 Å². The molecular weight excluding hydrogens is 464 g/mol. The molecule has 1 saturated carbocycles. The first kappa shape index (κ1) is 24.1. The molecule has 2 heterocycles. The van der Waals surface area contributed by atoms with Crippen LogP contribution in [0.4, 0.5) is 19.7 Å². The molecule has 0 amide bonds. The Hall–Kier alpha value is -2.04. The van der Waals surface area contributed by atoms with Gasteiger partial charge in [0.25, 0.3) is 0 Å². The van der Waals surface area contributed by atoms with E-state index in [2.05, 4.69) is 27.5 Å². The number of aliphatic hydroxyl groups is 1. The first-order chi connectivity index (χ1) is 15.7. The predicted molar refractivity (Wildman–Crippen MR) is 131 cm³/mol. The van der Waals surface area contributed by atoms with Gasteiger partial charge in [-0.1, -0.05) is 42.2 Å². The van der Waals surface area contributed by atoms with E-state index in [0.29, 0.717) is 22.7 Å². The van der Waals surface area contributed by atoms with E-state index in [1.807, 2.05) is 13.8 Å². The van der Waals surface area contributed by atoms with Gasteiger partial charge in [0.1, 0.15) is 4.70 Å². The number of nitrogens with zero attached hydrogens (tertiary/aromatic N) is 3. The number of hydrogen-bond acceptors (Lipinski definition) is 8. The third-order valence-corrected chi connectivity index (χ3v) is 7.70. The van der Waals surface area contributed by atoms with Gasteiger partial charge >= 0.3 is 0 Å². The van der Waals surface area contributed by atoms with E-state index >= 15 is 0 Å². The molecule has 1 aliphatic carbocycles. The summed E-state index contributed by atoms with van der Waals surface area (Å²) in [4.78, 5) is 13.9. The van der Waals surface area contributed by atoms with Gasteiger partial charge in [-0.3, -0.25) is 0 Å². The van der Waals surface area contributed by atoms with E-state index in [4.69, 9.17) is 4.98 Å². The SMILES string of the molecule is CC1CCC(Nc2nc3nc(SCc4cccc(F)c4F)nc(NC(C)(C)CO)c3s2)CC1. The number of thioether (sulfide) groups is 1. The van der Waals surface area contributed by atoms with Crippen molar-refractivity contribution in [3.8, 4) is 0 Å². The number of aromatic nitrogens is 3. The molecule has 178 valence electrons. The maximum atomic E-state index is 14.1. The lowest BCUT2D eigenvalue weighted by Gasteiger charge is -2.26. The highest BCUT2D eigenvalue weighted by molar-refractivity contribution is 7.98. The summed E-state index contributed by atoms with van der Waals surface area (Å²) in [5.74, 6) is -0.197. The highest BCUT2D eigenvalue weighted by atomic mass is 32.2. The number of benzene rings is 1. The van der Waals surface area contributed by atoms with E-state index < -0.39 is 17.2 Å². The minimum Gasteiger partial charge on any atom is -0.394 e. The number of halogens is 2. The van der Waals surface area contributed by atoms with Crippen molar-refractivity contribution in [2.24, 2.45) is 5.92 Å². The number of hydrogen-bond donors (Lipinski definition) is 3. The minimum atomic E-state index is -0.871. The second kappa shape index (κ2) is 10.1. The van der Waals surface area contributed by atoms with Gasteiger partial charge in [-0.15, -0.1) is 0 Å². The molecule has 1 aliphatic rings. The first-order valence-corrected chi connectivity index (χ1v) is 12.9. The lowest BCUT2D eigenvalue weighted by molar-refractivity contribution is 0.234. The van der Waals surface area contributed by atoms with E-state index in [-0.39, 0.29) is 17.9 Å². The standard InChI is InChI=1S/C23H29F2N5OS2/c1-13-7-9-15(10-8-13)26-22-28-19-18(33-22)20(30-23(2,3)12-31)29-21(27-19)32-11-14-5-4-6-16(24)17(14)25/h4-6,13,15,31H,7-12H2,1-3H3,(H2,26,27,28,29,30). The second-order valence-corrected chi connectivity index (χ2v) is 11.2. The molecule has 6 nitrogen and oxygen atoms in total. The highest BCUT2D eigenvalue weighted by Crippen LogP contribution is 2.35. The first-order valence-electron chi connectivity index (χ1n) is 11.1. The molecule has 0 radical (unpaired) electrons. The van der Waals surface area contributed by atoms with Crippen molar-refractivity contribution in [2.45, 2.75) is 68.9 Å². The number of nitrogens with one attached hydrogen (secondary N) is 2. The van der Waals surface area contributed by atoms with Crippen LogP contribution in [0.3, 0.4) is 0 Å². The normalized spacial score (nSPS) is 19.1. The second-order valence-electron chi connectivity index (χ2n) is 9.30. The highest BCUT2D eigenvalue weighted by Gasteiger charge is 2.23. The number of anilines is 2. The van der Waals surface area contributed by atoms with Gasteiger partial charge in [0.15, 0.2) is 33.4 Å². The van der Waals surface area contributed by atoms with Gasteiger partial charge in [-0.25, -0.2) is 18.7 Å². The van der Waals surface area contributed by atoms with Crippen LogP contribution >= 0.6 is 23.1 Å². The molecule has 0 bridgehead atoms. The summed E-state index contributed by atoms with van der Waals surface area (Å²) in [6.07, 6.45) is 4.64. The van der Waals surface area contributed by atoms with Crippen LogP contribution in [0.5, 0.6) is 0 Å². The van der Waals surface area contributed by atoms with Crippen molar-refractivity contribution in [1.82, 2.24) is 15.0 Å². The van der Waals surface area contributed by atoms with Crippen LogP contribution in [0.25, 0.3) is 10.3 Å². The Kier molecular flexibility index (Phi) is 7.35. The molecule has 3 aromatic rings. The molecule has 33 heavy (non-hydrogen) atoms. The van der Waals surface area contributed by atoms with E-state index in [1.165, 1.54) is 42.0 Å². The summed E-state index contributed by atoms with van der Waals surface area (Å²) in [5, 5.41) is 17.8. The van der Waals surface area contributed by atoms with E-state index in [0.717, 1.165) is 34.7 Å². The Morgan fingerprint density at radius 2 is 1.91 bits per heavy atom. The molecule has 3 N–H and O–H groups in total. The Morgan fingerprint density at radius 1 is 1.15 bits per heavy atom. The van der Waals surface area contributed by atoms with Crippen LogP contribution in [0.15, 0.2) is 23.4 Å². The van der Waals surface area contributed by atoms with E-state index in [9.17, 15) is 13.9 Å². The zero-order valence-electron chi connectivity index (χ0n) is 19.0. The van der Waals surface area contributed by atoms with Gasteiger partial charge < -0.3 is 15.7 Å². The van der Waals surface area contributed by atoms with Crippen LogP contribution in [0.1, 0.15) is 52.0 Å². The number of aliphatic hydroxyl groups excluding tert-OH is 1. The Bertz CT molecular complexity index is 1120. The van der Waals surface area contributed by atoms with Crippen molar-refractivity contribution < 1.29 is 13.9 Å². The van der Waals surface area contributed by atoms with Crippen molar-refractivity contribution >= 4 is 44.4 Å². The maximum Gasteiger partial charge on any atom is 0.191 e. The smallest absolute Gasteiger partial charge is 0.191 e. The number of fused-ring (bicyclic) bond motifs is 1. The zero-order valence-corrected chi connectivity index (χ0v) is 20.6. The zero-order chi connectivity index (χ0) is 23.6. The lowest BCUT2D eigenvalue weighted by Crippen LogP contribution is -2.35. The van der Waals surface area contributed by atoms with Gasteiger partial charge in [0.05, 0.1) is 12.1 Å². The topological polar surface area (TPSA) is 83.0 Å². The van der Waals surface area contributed by atoms with Gasteiger partial charge in [-0.05, 0) is 51.5 Å². The third kappa shape index (κ3) is 5.91. The number of rotatable bonds is 8. The maximum absolute atomic E-state index is 14.1. The van der Waals surface area contributed by atoms with Crippen molar-refractivity contribution in [3.05, 3.63) is 35.4 Å². The quantitative estimate of drug-likeness (QED) is 0.269. The summed E-state index contributed by atoms with van der Waals surface area (Å²) in [6.45, 7) is 5.96. The fourth-order valence-electron chi connectivity index (χ4n) is 3.76. The Morgan fingerprint density at radius 3 is 2.64 bits per heavy atom. The van der Waals surface area contributed by atoms with Crippen LogP contribution in [0, 0.1) is 17.6 Å². The molecule has 10 heteroatoms. The van der Waals surface area contributed by atoms with E-state index in [1.54, 1.807) is 6.07 Å². The Labute approximate surface area is 200 Å². The molecule has 0 spiro atoms. The van der Waals surface area contributed by atoms with Gasteiger partial charge in [0.2, 0.25) is 0 Å². The molecule has 0 unspecified atom stereocenters. The third-order valence-electron chi connectivity index (χ3n) is 5.82. The van der Waals surface area contributed by atoms with Crippen LogP contribution in [0.2, 0.25) is 0 Å². The van der Waals surface area contributed by atoms with Crippen molar-refractivity contribution in [3.63, 3.8) is 0 Å². The largest absolute Gasteiger partial charge is 0.394 e. The van der Waals surface area contributed by atoms with Crippen LogP contribution in [-0.4, -0.2) is 38.2 Å². The fourth-order valence-corrected chi connectivity index (χ4v) is 5.50. The van der Waals surface area contributed by atoms with Gasteiger partial charge in [-0.2, -0.15) is 4.98 Å². The molecular formula is C23H29F2N5OS2. The van der Waals surface area contributed by atoms with Crippen LogP contribution in [-0.2, 0) is 5.75 Å². The summed E-state index contributed by atoms with van der Waals surface area (Å²) >= 11 is 2.70. The summed E-state index contributed by atoms with van der Waals surface area (Å²) in [5.41, 5.74) is 0.191. The minimum absolute atomic E-state index is 0.0837. The van der Waals surface area contributed by atoms with Crippen molar-refractivity contribution in [2.75, 3.05) is 17.2 Å². The fraction of sp³-hybridized carbons (Fsp3) is 0.522. The monoisotopic (exact) mass is 493 g/mol. The van der Waals surface area contributed by atoms with Gasteiger partial charge in [0, 0.05) is 17.4 Å². The Balaban J connectivity index is 1.60. The number of thiazole rings is 1. The molecule has 0 aliphatic heterocycles. The molecule has 1 fully saturated rings. The van der Waals surface area contributed by atoms with Crippen LogP contribution < -0.4 is 10.6 Å². The average molecular weight is 494 g/mol.